The van der Waals surface area contributed by atoms with E-state index >= 15 is 0 Å². The normalized spacial score (nSPS) is 12.0. The minimum Gasteiger partial charge on any atom is -0.134 e. The van der Waals surface area contributed by atoms with E-state index in [0.29, 0.717) is 0 Å². The molecule has 0 aliphatic rings. The average molecular weight is 461 g/mol. The van der Waals surface area contributed by atoms with Crippen molar-refractivity contribution in [3.8, 4) is 11.1 Å². The van der Waals surface area contributed by atoms with Crippen LogP contribution >= 0.6 is 11.3 Å². The van der Waals surface area contributed by atoms with Gasteiger partial charge in [-0.2, -0.15) is 0 Å². The van der Waals surface area contributed by atoms with Crippen molar-refractivity contribution in [3.05, 3.63) is 121 Å². The third kappa shape index (κ3) is 2.73. The summed E-state index contributed by atoms with van der Waals surface area (Å²) in [5, 5.41) is 13.2. The first-order chi connectivity index (χ1) is 17.3. The predicted molar refractivity (Wildman–Crippen MR) is 155 cm³/mol. The monoisotopic (exact) mass is 460 g/mol. The summed E-state index contributed by atoms with van der Waals surface area (Å²) in [5.41, 5.74) is 2.59. The molecule has 8 rings (SSSR count). The molecule has 0 atom stereocenters. The SMILES string of the molecule is c1ccc2c(c1)ccc1c3ccc(-c4cccc5c4sc4c6ccccc6ccc54)cc3ccc21. The zero-order valence-electron chi connectivity index (χ0n) is 19.0. The average Bonchev–Trinajstić information content (AvgIpc) is 3.32. The zero-order chi connectivity index (χ0) is 22.9. The summed E-state index contributed by atoms with van der Waals surface area (Å²) in [6.07, 6.45) is 0. The first-order valence-electron chi connectivity index (χ1n) is 12.0. The lowest BCUT2D eigenvalue weighted by molar-refractivity contribution is 1.72. The molecular formula is C34H20S. The zero-order valence-corrected chi connectivity index (χ0v) is 19.8. The molecule has 0 N–H and O–H groups in total. The summed E-state index contributed by atoms with van der Waals surface area (Å²) in [6, 6.07) is 44.7. The molecule has 0 saturated carbocycles. The molecule has 0 spiro atoms. The van der Waals surface area contributed by atoms with Crippen LogP contribution in [0.2, 0.25) is 0 Å². The smallest absolute Gasteiger partial charge is 0.0434 e. The van der Waals surface area contributed by atoms with Crippen LogP contribution in [0.5, 0.6) is 0 Å². The topological polar surface area (TPSA) is 0 Å². The summed E-state index contributed by atoms with van der Waals surface area (Å²) < 4.78 is 2.74. The number of rotatable bonds is 1. The highest BCUT2D eigenvalue weighted by molar-refractivity contribution is 7.27. The Hall–Kier alpha value is -4.20. The molecule has 1 heteroatoms. The second-order valence-electron chi connectivity index (χ2n) is 9.33. The summed E-state index contributed by atoms with van der Waals surface area (Å²) in [4.78, 5) is 0. The third-order valence-corrected chi connectivity index (χ3v) is 8.73. The Morgan fingerprint density at radius 3 is 1.74 bits per heavy atom. The standard InChI is InChI=1S/C34H20S/c1-3-8-25-21(6-1)12-17-30-26-16-14-24(20-23(26)15-18-29(25)30)28-10-5-11-31-32-19-13-22-7-2-4-9-27(22)33(32)35-34(28)31/h1-20H. The Morgan fingerprint density at radius 1 is 0.343 bits per heavy atom. The third-order valence-electron chi connectivity index (χ3n) is 7.44. The van der Waals surface area contributed by atoms with Crippen LogP contribution in [0.1, 0.15) is 0 Å². The van der Waals surface area contributed by atoms with E-state index in [-0.39, 0.29) is 0 Å². The van der Waals surface area contributed by atoms with E-state index in [1.165, 1.54) is 74.4 Å². The minimum atomic E-state index is 1.28. The summed E-state index contributed by atoms with van der Waals surface area (Å²) in [5.74, 6) is 0. The van der Waals surface area contributed by atoms with Crippen molar-refractivity contribution in [2.75, 3.05) is 0 Å². The van der Waals surface area contributed by atoms with Crippen molar-refractivity contribution in [1.82, 2.24) is 0 Å². The molecule has 0 unspecified atom stereocenters. The first kappa shape index (κ1) is 19.1. The van der Waals surface area contributed by atoms with Gasteiger partial charge >= 0.3 is 0 Å². The lowest BCUT2D eigenvalue weighted by atomic mass is 9.94. The molecule has 162 valence electrons. The molecule has 0 bridgehead atoms. The maximum absolute atomic E-state index is 2.36. The maximum Gasteiger partial charge on any atom is 0.0434 e. The van der Waals surface area contributed by atoms with Gasteiger partial charge in [-0.15, -0.1) is 11.3 Å². The fraction of sp³-hybridized carbons (Fsp3) is 0. The molecule has 8 aromatic rings. The van der Waals surface area contributed by atoms with Gasteiger partial charge in [0.05, 0.1) is 0 Å². The van der Waals surface area contributed by atoms with E-state index < -0.39 is 0 Å². The number of hydrogen-bond acceptors (Lipinski definition) is 1. The van der Waals surface area contributed by atoms with Gasteiger partial charge in [-0.3, -0.25) is 0 Å². The van der Waals surface area contributed by atoms with Gasteiger partial charge in [0, 0.05) is 20.2 Å². The molecule has 0 saturated heterocycles. The van der Waals surface area contributed by atoms with Crippen molar-refractivity contribution in [3.63, 3.8) is 0 Å². The minimum absolute atomic E-state index is 1.28. The molecule has 0 nitrogen and oxygen atoms in total. The van der Waals surface area contributed by atoms with Gasteiger partial charge in [-0.1, -0.05) is 115 Å². The quantitative estimate of drug-likeness (QED) is 0.214. The molecule has 1 heterocycles. The fourth-order valence-electron chi connectivity index (χ4n) is 5.75. The van der Waals surface area contributed by atoms with Crippen LogP contribution in [0, 0.1) is 0 Å². The highest BCUT2D eigenvalue weighted by Gasteiger charge is 2.13. The lowest BCUT2D eigenvalue weighted by Crippen LogP contribution is -1.83. The largest absolute Gasteiger partial charge is 0.134 e. The van der Waals surface area contributed by atoms with Gasteiger partial charge in [-0.05, 0) is 60.3 Å². The second kappa shape index (κ2) is 7.15. The molecule has 35 heavy (non-hydrogen) atoms. The number of fused-ring (bicyclic) bond motifs is 10. The van der Waals surface area contributed by atoms with Gasteiger partial charge in [0.2, 0.25) is 0 Å². The number of thiophene rings is 1. The Labute approximate surface area is 206 Å². The van der Waals surface area contributed by atoms with Crippen molar-refractivity contribution in [1.29, 1.82) is 0 Å². The maximum atomic E-state index is 2.36. The Balaban J connectivity index is 1.38. The van der Waals surface area contributed by atoms with Gasteiger partial charge in [0.1, 0.15) is 0 Å². The van der Waals surface area contributed by atoms with E-state index in [1.54, 1.807) is 0 Å². The van der Waals surface area contributed by atoms with Crippen molar-refractivity contribution < 1.29 is 0 Å². The Bertz CT molecular complexity index is 2110. The van der Waals surface area contributed by atoms with Gasteiger partial charge < -0.3 is 0 Å². The number of benzene rings is 7. The van der Waals surface area contributed by atoms with E-state index in [2.05, 4.69) is 121 Å². The molecule has 0 radical (unpaired) electrons. The van der Waals surface area contributed by atoms with Gasteiger partial charge in [-0.25, -0.2) is 0 Å². The van der Waals surface area contributed by atoms with E-state index in [9.17, 15) is 0 Å². The second-order valence-corrected chi connectivity index (χ2v) is 10.4. The van der Waals surface area contributed by atoms with E-state index in [4.69, 9.17) is 0 Å². The fourth-order valence-corrected chi connectivity index (χ4v) is 7.12. The first-order valence-corrected chi connectivity index (χ1v) is 12.8. The van der Waals surface area contributed by atoms with Crippen LogP contribution in [-0.2, 0) is 0 Å². The van der Waals surface area contributed by atoms with Crippen LogP contribution in [0.4, 0.5) is 0 Å². The van der Waals surface area contributed by atoms with Gasteiger partial charge in [0.15, 0.2) is 0 Å². The molecular weight excluding hydrogens is 440 g/mol. The highest BCUT2D eigenvalue weighted by Crippen LogP contribution is 2.43. The van der Waals surface area contributed by atoms with Crippen molar-refractivity contribution >= 4 is 74.6 Å². The van der Waals surface area contributed by atoms with Crippen molar-refractivity contribution in [2.24, 2.45) is 0 Å². The molecule has 1 aromatic heterocycles. The van der Waals surface area contributed by atoms with E-state index in [1.807, 2.05) is 11.3 Å². The van der Waals surface area contributed by atoms with Crippen LogP contribution in [0.25, 0.3) is 74.4 Å². The predicted octanol–water partition coefficient (Wildman–Crippen LogP) is 10.3. The molecule has 0 aliphatic heterocycles. The van der Waals surface area contributed by atoms with Crippen LogP contribution < -0.4 is 0 Å². The van der Waals surface area contributed by atoms with Crippen LogP contribution in [0.15, 0.2) is 121 Å². The Kier molecular flexibility index (Phi) is 3.91. The molecule has 0 fully saturated rings. The van der Waals surface area contributed by atoms with E-state index in [0.717, 1.165) is 0 Å². The van der Waals surface area contributed by atoms with Gasteiger partial charge in [0.25, 0.3) is 0 Å². The van der Waals surface area contributed by atoms with Crippen molar-refractivity contribution in [2.45, 2.75) is 0 Å². The van der Waals surface area contributed by atoms with Crippen LogP contribution in [0.3, 0.4) is 0 Å². The summed E-state index contributed by atoms with van der Waals surface area (Å²) in [7, 11) is 0. The highest BCUT2D eigenvalue weighted by atomic mass is 32.1. The molecule has 0 amide bonds. The number of hydrogen-bond donors (Lipinski definition) is 0. The lowest BCUT2D eigenvalue weighted by Gasteiger charge is -2.10. The Morgan fingerprint density at radius 2 is 0.914 bits per heavy atom. The summed E-state index contributed by atoms with van der Waals surface area (Å²) in [6.45, 7) is 0. The van der Waals surface area contributed by atoms with Crippen LogP contribution in [-0.4, -0.2) is 0 Å². The molecule has 0 aliphatic carbocycles. The molecule has 7 aromatic carbocycles. The summed E-state index contributed by atoms with van der Waals surface area (Å²) >= 11 is 1.92.